The Hall–Kier alpha value is -1.53. The minimum Gasteiger partial charge on any atom is -0.493 e. The Morgan fingerprint density at radius 3 is 2.50 bits per heavy atom. The topological polar surface area (TPSA) is 45.0 Å². The number of hydrogen-bond acceptors (Lipinski definition) is 3. The van der Waals surface area contributed by atoms with Crippen LogP contribution in [0.15, 0.2) is 18.2 Å². The van der Waals surface area contributed by atoms with E-state index in [1.807, 2.05) is 32.0 Å². The molecule has 0 aromatic heterocycles. The maximum absolute atomic E-state index is 8.76. The van der Waals surface area contributed by atoms with Crippen LogP contribution in [-0.2, 0) is 0 Å². The zero-order valence-electron chi connectivity index (χ0n) is 10.1. The van der Waals surface area contributed by atoms with Crippen molar-refractivity contribution in [2.24, 2.45) is 0 Å². The van der Waals surface area contributed by atoms with Crippen molar-refractivity contribution in [1.29, 1.82) is 5.26 Å². The lowest BCUT2D eigenvalue weighted by Gasteiger charge is -2.13. The van der Waals surface area contributed by atoms with Gasteiger partial charge < -0.3 is 10.1 Å². The highest BCUT2D eigenvalue weighted by Gasteiger charge is 2.06. The third-order valence-corrected chi connectivity index (χ3v) is 2.57. The molecule has 0 aliphatic carbocycles. The Morgan fingerprint density at radius 2 is 2.00 bits per heavy atom. The van der Waals surface area contributed by atoms with E-state index in [2.05, 4.69) is 11.4 Å². The molecule has 0 saturated heterocycles. The van der Waals surface area contributed by atoms with Gasteiger partial charge in [-0.1, -0.05) is 18.2 Å². The van der Waals surface area contributed by atoms with E-state index in [1.165, 1.54) is 0 Å². The number of benzene rings is 1. The van der Waals surface area contributed by atoms with Crippen molar-refractivity contribution in [3.05, 3.63) is 29.3 Å². The van der Waals surface area contributed by atoms with Gasteiger partial charge in [-0.15, -0.1) is 0 Å². The van der Waals surface area contributed by atoms with Crippen molar-refractivity contribution >= 4 is 0 Å². The predicted molar refractivity (Wildman–Crippen MR) is 64.5 cm³/mol. The average molecular weight is 218 g/mol. The van der Waals surface area contributed by atoms with E-state index in [4.69, 9.17) is 10.00 Å². The van der Waals surface area contributed by atoms with Crippen molar-refractivity contribution < 1.29 is 4.74 Å². The highest BCUT2D eigenvalue weighted by atomic mass is 16.5. The van der Waals surface area contributed by atoms with Crippen LogP contribution in [0.3, 0.4) is 0 Å². The monoisotopic (exact) mass is 218 g/mol. The van der Waals surface area contributed by atoms with Gasteiger partial charge in [-0.3, -0.25) is 0 Å². The molecular weight excluding hydrogens is 200 g/mol. The molecule has 0 fully saturated rings. The fourth-order valence-electron chi connectivity index (χ4n) is 1.58. The summed E-state index contributed by atoms with van der Waals surface area (Å²) in [5.41, 5.74) is 2.27. The number of para-hydroxylation sites is 1. The fraction of sp³-hybridized carbons (Fsp3) is 0.462. The molecule has 0 bridgehead atoms. The first-order valence-corrected chi connectivity index (χ1v) is 5.45. The summed E-state index contributed by atoms with van der Waals surface area (Å²) in [6, 6.07) is 8.12. The van der Waals surface area contributed by atoms with Gasteiger partial charge >= 0.3 is 0 Å². The Morgan fingerprint density at radius 1 is 1.38 bits per heavy atom. The molecule has 0 spiro atoms. The van der Waals surface area contributed by atoms with Crippen LogP contribution in [0.5, 0.6) is 5.75 Å². The summed E-state index contributed by atoms with van der Waals surface area (Å²) in [6.45, 7) is 4.62. The van der Waals surface area contributed by atoms with Gasteiger partial charge in [-0.25, -0.2) is 0 Å². The number of nitriles is 1. The Bertz CT molecular complexity index is 362. The summed E-state index contributed by atoms with van der Waals surface area (Å²) in [6.07, 6.45) is 0.695. The van der Waals surface area contributed by atoms with Gasteiger partial charge in [0, 0.05) is 6.42 Å². The number of hydrogen-bond donors (Lipinski definition) is 1. The minimum atomic E-state index is -0.135. The molecular formula is C13H18N2O. The molecule has 16 heavy (non-hydrogen) atoms. The zero-order chi connectivity index (χ0) is 12.0. The molecule has 1 aromatic carbocycles. The summed E-state index contributed by atoms with van der Waals surface area (Å²) < 4.78 is 5.71. The first-order chi connectivity index (χ1) is 7.69. The van der Waals surface area contributed by atoms with Crippen LogP contribution in [0.1, 0.15) is 17.5 Å². The van der Waals surface area contributed by atoms with Crippen LogP contribution in [0, 0.1) is 25.2 Å². The standard InChI is InChI=1S/C13H18N2O/c1-10-5-4-6-11(2)13(10)16-8-7-12(9-14)15-3/h4-6,12,15H,7-8H2,1-3H3. The molecule has 3 heteroatoms. The smallest absolute Gasteiger partial charge is 0.125 e. The Balaban J connectivity index is 2.52. The van der Waals surface area contributed by atoms with Crippen LogP contribution in [0.4, 0.5) is 0 Å². The molecule has 1 N–H and O–H groups in total. The van der Waals surface area contributed by atoms with E-state index in [0.29, 0.717) is 13.0 Å². The lowest BCUT2D eigenvalue weighted by atomic mass is 10.1. The molecule has 0 amide bonds. The van der Waals surface area contributed by atoms with Gasteiger partial charge in [-0.2, -0.15) is 5.26 Å². The molecule has 1 aromatic rings. The molecule has 3 nitrogen and oxygen atoms in total. The van der Waals surface area contributed by atoms with Gasteiger partial charge in [0.25, 0.3) is 0 Å². The summed E-state index contributed by atoms with van der Waals surface area (Å²) >= 11 is 0. The molecule has 86 valence electrons. The summed E-state index contributed by atoms with van der Waals surface area (Å²) in [4.78, 5) is 0. The van der Waals surface area contributed by atoms with Crippen molar-refractivity contribution in [2.75, 3.05) is 13.7 Å². The largest absolute Gasteiger partial charge is 0.493 e. The lowest BCUT2D eigenvalue weighted by Crippen LogP contribution is -2.25. The van der Waals surface area contributed by atoms with E-state index in [9.17, 15) is 0 Å². The second-order valence-corrected chi connectivity index (χ2v) is 3.83. The number of nitrogens with one attached hydrogen (secondary N) is 1. The average Bonchev–Trinajstić information content (AvgIpc) is 2.28. The number of rotatable bonds is 5. The molecule has 1 atom stereocenters. The van der Waals surface area contributed by atoms with E-state index in [1.54, 1.807) is 7.05 Å². The highest BCUT2D eigenvalue weighted by Crippen LogP contribution is 2.22. The Kier molecular flexibility index (Phi) is 4.81. The van der Waals surface area contributed by atoms with Crippen LogP contribution >= 0.6 is 0 Å². The van der Waals surface area contributed by atoms with Gasteiger partial charge in [-0.05, 0) is 32.0 Å². The number of nitrogens with zero attached hydrogens (tertiary/aromatic N) is 1. The number of ether oxygens (including phenoxy) is 1. The normalized spacial score (nSPS) is 11.9. The Labute approximate surface area is 97.0 Å². The van der Waals surface area contributed by atoms with E-state index in [0.717, 1.165) is 16.9 Å². The maximum atomic E-state index is 8.76. The molecule has 1 unspecified atom stereocenters. The molecule has 0 saturated carbocycles. The first-order valence-electron chi connectivity index (χ1n) is 5.45. The van der Waals surface area contributed by atoms with E-state index < -0.39 is 0 Å². The predicted octanol–water partition coefficient (Wildman–Crippen LogP) is 2.18. The summed E-state index contributed by atoms with van der Waals surface area (Å²) in [5, 5.41) is 11.7. The second-order valence-electron chi connectivity index (χ2n) is 3.83. The van der Waals surface area contributed by atoms with Crippen molar-refractivity contribution in [2.45, 2.75) is 26.3 Å². The van der Waals surface area contributed by atoms with Gasteiger partial charge in [0.2, 0.25) is 0 Å². The molecule has 0 aliphatic heterocycles. The van der Waals surface area contributed by atoms with Gasteiger partial charge in [0.15, 0.2) is 0 Å². The van der Waals surface area contributed by atoms with Gasteiger partial charge in [0.1, 0.15) is 5.75 Å². The SMILES string of the molecule is CNC(C#N)CCOc1c(C)cccc1C. The van der Waals surface area contributed by atoms with Crippen LogP contribution < -0.4 is 10.1 Å². The molecule has 1 rings (SSSR count). The van der Waals surface area contributed by atoms with Crippen LogP contribution in [-0.4, -0.2) is 19.7 Å². The zero-order valence-corrected chi connectivity index (χ0v) is 10.1. The summed E-state index contributed by atoms with van der Waals surface area (Å²) in [5.74, 6) is 0.940. The van der Waals surface area contributed by atoms with Crippen molar-refractivity contribution in [3.8, 4) is 11.8 Å². The van der Waals surface area contributed by atoms with E-state index >= 15 is 0 Å². The molecule has 0 radical (unpaired) electrons. The van der Waals surface area contributed by atoms with Crippen molar-refractivity contribution in [3.63, 3.8) is 0 Å². The van der Waals surface area contributed by atoms with Crippen LogP contribution in [0.2, 0.25) is 0 Å². The summed E-state index contributed by atoms with van der Waals surface area (Å²) in [7, 11) is 1.78. The lowest BCUT2D eigenvalue weighted by molar-refractivity contribution is 0.296. The van der Waals surface area contributed by atoms with Gasteiger partial charge in [0.05, 0.1) is 18.7 Å². The van der Waals surface area contributed by atoms with Crippen molar-refractivity contribution in [1.82, 2.24) is 5.32 Å². The molecule has 0 heterocycles. The fourth-order valence-corrected chi connectivity index (χ4v) is 1.58. The van der Waals surface area contributed by atoms with E-state index in [-0.39, 0.29) is 6.04 Å². The molecule has 0 aliphatic rings. The highest BCUT2D eigenvalue weighted by molar-refractivity contribution is 5.39. The third-order valence-electron chi connectivity index (χ3n) is 2.57. The van der Waals surface area contributed by atoms with Crippen LogP contribution in [0.25, 0.3) is 0 Å². The quantitative estimate of drug-likeness (QED) is 0.824. The third kappa shape index (κ3) is 3.25. The minimum absolute atomic E-state index is 0.135. The number of aryl methyl sites for hydroxylation is 2. The first kappa shape index (κ1) is 12.5. The maximum Gasteiger partial charge on any atom is 0.125 e. The second kappa shape index (κ2) is 6.14.